The van der Waals surface area contributed by atoms with Gasteiger partial charge in [-0.2, -0.15) is 10.2 Å². The van der Waals surface area contributed by atoms with Crippen LogP contribution in [0.25, 0.3) is 0 Å². The van der Waals surface area contributed by atoms with Crippen molar-refractivity contribution in [2.24, 2.45) is 7.05 Å². The molecule has 1 aliphatic heterocycles. The lowest BCUT2D eigenvalue weighted by atomic mass is 9.94. The standard InChI is InChI=1S/C15H19ClN6O/c1-21-7-5-10(6-8-21)12-3-4-13(20-19-12)18-14-11(16)9-17-22(2)15(14)23/h3-4,9-10H,5-8H2,1-2H3,(H,18,20). The van der Waals surface area contributed by atoms with Gasteiger partial charge in [0, 0.05) is 13.0 Å². The van der Waals surface area contributed by atoms with Crippen LogP contribution in [-0.4, -0.2) is 45.0 Å². The normalized spacial score (nSPS) is 16.5. The van der Waals surface area contributed by atoms with Crippen molar-refractivity contribution in [3.8, 4) is 0 Å². The molecule has 122 valence electrons. The minimum Gasteiger partial charge on any atom is -0.333 e. The summed E-state index contributed by atoms with van der Waals surface area (Å²) in [6, 6.07) is 3.79. The molecule has 1 N–H and O–H groups in total. The fourth-order valence-corrected chi connectivity index (χ4v) is 2.86. The Kier molecular flexibility index (Phi) is 4.58. The van der Waals surface area contributed by atoms with Gasteiger partial charge in [-0.15, -0.1) is 5.10 Å². The molecule has 7 nitrogen and oxygen atoms in total. The molecule has 0 spiro atoms. The summed E-state index contributed by atoms with van der Waals surface area (Å²) in [5.41, 5.74) is 0.946. The largest absolute Gasteiger partial charge is 0.333 e. The topological polar surface area (TPSA) is 75.9 Å². The number of hydrogen-bond acceptors (Lipinski definition) is 6. The SMILES string of the molecule is CN1CCC(c2ccc(Nc3c(Cl)cnn(C)c3=O)nn2)CC1. The molecule has 0 amide bonds. The summed E-state index contributed by atoms with van der Waals surface area (Å²) in [7, 11) is 3.70. The first-order valence-electron chi connectivity index (χ1n) is 7.55. The van der Waals surface area contributed by atoms with E-state index in [0.29, 0.717) is 11.7 Å². The molecule has 0 aliphatic carbocycles. The number of piperidine rings is 1. The molecule has 1 aliphatic rings. The molecule has 2 aromatic rings. The first kappa shape index (κ1) is 15.9. The Hall–Kier alpha value is -1.99. The quantitative estimate of drug-likeness (QED) is 0.922. The van der Waals surface area contributed by atoms with Crippen LogP contribution in [0.2, 0.25) is 5.02 Å². The summed E-state index contributed by atoms with van der Waals surface area (Å²) in [6.45, 7) is 2.16. The molecule has 0 radical (unpaired) electrons. The number of aromatic nitrogens is 4. The number of likely N-dealkylation sites (tertiary alicyclic amines) is 1. The van der Waals surface area contributed by atoms with Crippen molar-refractivity contribution in [3.63, 3.8) is 0 Å². The average Bonchev–Trinajstić information content (AvgIpc) is 2.57. The molecule has 3 heterocycles. The van der Waals surface area contributed by atoms with Gasteiger partial charge >= 0.3 is 0 Å². The Bertz CT molecular complexity index is 737. The molecule has 1 fully saturated rings. The van der Waals surface area contributed by atoms with Gasteiger partial charge in [0.25, 0.3) is 5.56 Å². The Morgan fingerprint density at radius 2 is 1.96 bits per heavy atom. The molecule has 23 heavy (non-hydrogen) atoms. The summed E-state index contributed by atoms with van der Waals surface area (Å²) >= 11 is 6.03. The van der Waals surface area contributed by atoms with Gasteiger partial charge in [-0.3, -0.25) is 4.79 Å². The molecule has 0 aromatic carbocycles. The van der Waals surface area contributed by atoms with E-state index >= 15 is 0 Å². The van der Waals surface area contributed by atoms with E-state index in [-0.39, 0.29) is 16.3 Å². The van der Waals surface area contributed by atoms with E-state index < -0.39 is 0 Å². The highest BCUT2D eigenvalue weighted by Crippen LogP contribution is 2.26. The lowest BCUT2D eigenvalue weighted by Gasteiger charge is -2.28. The van der Waals surface area contributed by atoms with Crippen molar-refractivity contribution in [2.75, 3.05) is 25.5 Å². The molecule has 0 unspecified atom stereocenters. The third kappa shape index (κ3) is 3.51. The first-order chi connectivity index (χ1) is 11.0. The maximum atomic E-state index is 12.0. The van der Waals surface area contributed by atoms with Gasteiger partial charge < -0.3 is 10.2 Å². The highest BCUT2D eigenvalue weighted by Gasteiger charge is 2.20. The number of anilines is 2. The smallest absolute Gasteiger partial charge is 0.291 e. The van der Waals surface area contributed by atoms with Crippen molar-refractivity contribution < 1.29 is 0 Å². The number of rotatable bonds is 3. The number of nitrogens with one attached hydrogen (secondary N) is 1. The van der Waals surface area contributed by atoms with E-state index in [2.05, 4.69) is 32.6 Å². The van der Waals surface area contributed by atoms with Gasteiger partial charge in [0.15, 0.2) is 5.82 Å². The van der Waals surface area contributed by atoms with Crippen molar-refractivity contribution in [1.29, 1.82) is 0 Å². The van der Waals surface area contributed by atoms with Crippen LogP contribution in [0.1, 0.15) is 24.5 Å². The second kappa shape index (κ2) is 6.64. The van der Waals surface area contributed by atoms with Crippen LogP contribution in [0.3, 0.4) is 0 Å². The molecule has 0 bridgehead atoms. The number of halogens is 1. The number of nitrogens with zero attached hydrogens (tertiary/aromatic N) is 5. The highest BCUT2D eigenvalue weighted by molar-refractivity contribution is 6.33. The maximum Gasteiger partial charge on any atom is 0.291 e. The molecular formula is C15H19ClN6O. The van der Waals surface area contributed by atoms with Crippen molar-refractivity contribution in [1.82, 2.24) is 24.9 Å². The summed E-state index contributed by atoms with van der Waals surface area (Å²) in [5.74, 6) is 0.942. The van der Waals surface area contributed by atoms with Gasteiger partial charge in [0.1, 0.15) is 5.69 Å². The fraction of sp³-hybridized carbons (Fsp3) is 0.467. The molecule has 8 heteroatoms. The Morgan fingerprint density at radius 3 is 2.61 bits per heavy atom. The zero-order chi connectivity index (χ0) is 16.4. The van der Waals surface area contributed by atoms with Crippen LogP contribution in [0.5, 0.6) is 0 Å². The third-order valence-corrected chi connectivity index (χ3v) is 4.45. The zero-order valence-electron chi connectivity index (χ0n) is 13.2. The lowest BCUT2D eigenvalue weighted by molar-refractivity contribution is 0.253. The fourth-order valence-electron chi connectivity index (χ4n) is 2.69. The molecule has 2 aromatic heterocycles. The predicted molar refractivity (Wildman–Crippen MR) is 89.3 cm³/mol. The maximum absolute atomic E-state index is 12.0. The summed E-state index contributed by atoms with van der Waals surface area (Å²) in [4.78, 5) is 14.4. The summed E-state index contributed by atoms with van der Waals surface area (Å²) in [5, 5.41) is 15.5. The van der Waals surface area contributed by atoms with Gasteiger partial charge in [-0.05, 0) is 45.1 Å². The number of aryl methyl sites for hydroxylation is 1. The van der Waals surface area contributed by atoms with Crippen LogP contribution in [0.4, 0.5) is 11.5 Å². The van der Waals surface area contributed by atoms with E-state index in [9.17, 15) is 4.79 Å². The first-order valence-corrected chi connectivity index (χ1v) is 7.93. The van der Waals surface area contributed by atoms with E-state index in [1.807, 2.05) is 12.1 Å². The minimum absolute atomic E-state index is 0.255. The highest BCUT2D eigenvalue weighted by atomic mass is 35.5. The van der Waals surface area contributed by atoms with Crippen molar-refractivity contribution in [2.45, 2.75) is 18.8 Å². The third-order valence-electron chi connectivity index (χ3n) is 4.17. The van der Waals surface area contributed by atoms with E-state index in [1.165, 1.54) is 10.9 Å². The van der Waals surface area contributed by atoms with Crippen molar-refractivity contribution in [3.05, 3.63) is 39.4 Å². The predicted octanol–water partition coefficient (Wildman–Crippen LogP) is 1.78. The molecule has 1 saturated heterocycles. The van der Waals surface area contributed by atoms with Crippen LogP contribution in [-0.2, 0) is 7.05 Å². The monoisotopic (exact) mass is 334 g/mol. The van der Waals surface area contributed by atoms with Crippen LogP contribution >= 0.6 is 11.6 Å². The summed E-state index contributed by atoms with van der Waals surface area (Å²) in [6.07, 6.45) is 3.61. The molecular weight excluding hydrogens is 316 g/mol. The second-order valence-corrected chi connectivity index (χ2v) is 6.25. The molecule has 0 atom stereocenters. The van der Waals surface area contributed by atoms with Gasteiger partial charge in [-0.25, -0.2) is 4.68 Å². The van der Waals surface area contributed by atoms with Crippen LogP contribution < -0.4 is 10.9 Å². The average molecular weight is 335 g/mol. The lowest BCUT2D eigenvalue weighted by Crippen LogP contribution is -2.29. The van der Waals surface area contributed by atoms with Gasteiger partial charge in [0.2, 0.25) is 0 Å². The van der Waals surface area contributed by atoms with E-state index in [0.717, 1.165) is 31.6 Å². The van der Waals surface area contributed by atoms with E-state index in [1.54, 1.807) is 7.05 Å². The minimum atomic E-state index is -0.307. The van der Waals surface area contributed by atoms with Gasteiger partial charge in [-0.1, -0.05) is 11.6 Å². The zero-order valence-corrected chi connectivity index (χ0v) is 13.9. The van der Waals surface area contributed by atoms with Crippen LogP contribution in [0.15, 0.2) is 23.1 Å². The van der Waals surface area contributed by atoms with E-state index in [4.69, 9.17) is 11.6 Å². The van der Waals surface area contributed by atoms with Gasteiger partial charge in [0.05, 0.1) is 16.9 Å². The summed E-state index contributed by atoms with van der Waals surface area (Å²) < 4.78 is 1.22. The second-order valence-electron chi connectivity index (χ2n) is 5.84. The Morgan fingerprint density at radius 1 is 1.22 bits per heavy atom. The molecule has 0 saturated carbocycles. The number of hydrogen-bond donors (Lipinski definition) is 1. The Labute approximate surface area is 139 Å². The van der Waals surface area contributed by atoms with Crippen molar-refractivity contribution >= 4 is 23.1 Å². The molecule has 3 rings (SSSR count). The van der Waals surface area contributed by atoms with Crippen LogP contribution in [0, 0.1) is 0 Å². The Balaban J connectivity index is 1.76.